The van der Waals surface area contributed by atoms with Gasteiger partial charge in [-0.05, 0) is 19.4 Å². The number of nitrogens with zero attached hydrogens (tertiary/aromatic N) is 1. The number of nitrogens with one attached hydrogen (secondary N) is 1. The molecule has 2 aromatic rings. The molecule has 150 valence electrons. The second-order valence-electron chi connectivity index (χ2n) is 6.78. The molecule has 1 N–H and O–H groups in total. The predicted molar refractivity (Wildman–Crippen MR) is 108 cm³/mol. The lowest BCUT2D eigenvalue weighted by Crippen LogP contribution is -2.58. The van der Waals surface area contributed by atoms with Gasteiger partial charge in [0.05, 0.1) is 6.61 Å². The Morgan fingerprint density at radius 2 is 1.72 bits per heavy atom. The summed E-state index contributed by atoms with van der Waals surface area (Å²) >= 11 is 0. The number of ketones is 1. The summed E-state index contributed by atoms with van der Waals surface area (Å²) in [6.45, 7) is 4.78. The Balaban J connectivity index is 2.59. The van der Waals surface area contributed by atoms with E-state index in [-0.39, 0.29) is 18.8 Å². The monoisotopic (exact) mass is 392 g/mol. The van der Waals surface area contributed by atoms with E-state index < -0.39 is 23.3 Å². The van der Waals surface area contributed by atoms with Crippen LogP contribution in [0.4, 0.5) is 0 Å². The minimum Gasteiger partial charge on any atom is -0.463 e. The summed E-state index contributed by atoms with van der Waals surface area (Å²) in [5.41, 5.74) is 0.00752. The zero-order chi connectivity index (χ0) is 21.4. The summed E-state index contributed by atoms with van der Waals surface area (Å²) in [7, 11) is 0. The fourth-order valence-corrected chi connectivity index (χ4v) is 3.20. The predicted octanol–water partition coefficient (Wildman–Crippen LogP) is 3.31. The highest BCUT2D eigenvalue weighted by Gasteiger charge is 2.50. The molecule has 0 aliphatic rings. The van der Waals surface area contributed by atoms with Gasteiger partial charge in [-0.2, -0.15) is 5.26 Å². The molecule has 0 heterocycles. The van der Waals surface area contributed by atoms with E-state index in [0.717, 1.165) is 5.56 Å². The van der Waals surface area contributed by atoms with Gasteiger partial charge in [0, 0.05) is 24.8 Å². The number of amides is 1. The summed E-state index contributed by atoms with van der Waals surface area (Å²) in [6, 6.07) is 17.7. The van der Waals surface area contributed by atoms with Crippen molar-refractivity contribution in [3.8, 4) is 6.07 Å². The summed E-state index contributed by atoms with van der Waals surface area (Å²) in [4.78, 5) is 37.7. The van der Waals surface area contributed by atoms with E-state index in [0.29, 0.717) is 11.1 Å². The van der Waals surface area contributed by atoms with Crippen molar-refractivity contribution in [3.63, 3.8) is 0 Å². The summed E-state index contributed by atoms with van der Waals surface area (Å²) in [6.07, 6.45) is -0.153. The van der Waals surface area contributed by atoms with Crippen LogP contribution in [0, 0.1) is 18.3 Å². The molecule has 29 heavy (non-hydrogen) atoms. The first-order valence-corrected chi connectivity index (χ1v) is 9.36. The molecule has 0 aliphatic heterocycles. The Bertz CT molecular complexity index is 916. The molecule has 0 saturated carbocycles. The number of carbonyl (C=O) groups excluding carboxylic acids is 3. The third-order valence-corrected chi connectivity index (χ3v) is 4.63. The van der Waals surface area contributed by atoms with Gasteiger partial charge < -0.3 is 10.1 Å². The first-order valence-electron chi connectivity index (χ1n) is 9.36. The molecule has 0 radical (unpaired) electrons. The third kappa shape index (κ3) is 5.08. The average molecular weight is 392 g/mol. The number of aryl methyl sites for hydroxylation is 1. The van der Waals surface area contributed by atoms with E-state index in [1.165, 1.54) is 6.92 Å². The number of ether oxygens (including phenoxy) is 1. The molecule has 0 aromatic heterocycles. The van der Waals surface area contributed by atoms with E-state index in [4.69, 9.17) is 4.74 Å². The standard InChI is InChI=1S/C23H24N2O4/c1-4-29-22(28)23(15-24,25-17(3)26)20(18-12-10-16(2)11-13-18)14-21(27)19-8-6-5-7-9-19/h5-13,20H,4,14H2,1-3H3,(H,25,26). The Kier molecular flexibility index (Phi) is 7.27. The first-order chi connectivity index (χ1) is 13.8. The van der Waals surface area contributed by atoms with Crippen LogP contribution in [-0.4, -0.2) is 29.8 Å². The lowest BCUT2D eigenvalue weighted by atomic mass is 9.76. The number of Topliss-reactive ketones (excluding diaryl/α,β-unsaturated/α-hetero) is 1. The van der Waals surface area contributed by atoms with Crippen molar-refractivity contribution >= 4 is 17.7 Å². The van der Waals surface area contributed by atoms with Gasteiger partial charge in [-0.25, -0.2) is 4.79 Å². The lowest BCUT2D eigenvalue weighted by molar-refractivity contribution is -0.151. The van der Waals surface area contributed by atoms with Crippen molar-refractivity contribution in [1.82, 2.24) is 5.32 Å². The maximum absolute atomic E-state index is 12.9. The van der Waals surface area contributed by atoms with E-state index in [1.54, 1.807) is 49.4 Å². The SMILES string of the molecule is CCOC(=O)C(C#N)(NC(C)=O)C(CC(=O)c1ccccc1)c1ccc(C)cc1. The molecule has 2 atom stereocenters. The molecule has 0 bridgehead atoms. The van der Waals surface area contributed by atoms with Gasteiger partial charge in [0.2, 0.25) is 11.4 Å². The normalized spacial score (nSPS) is 13.4. The third-order valence-electron chi connectivity index (χ3n) is 4.63. The number of benzene rings is 2. The van der Waals surface area contributed by atoms with Gasteiger partial charge in [0.15, 0.2) is 5.78 Å². The van der Waals surface area contributed by atoms with Crippen LogP contribution < -0.4 is 5.32 Å². The smallest absolute Gasteiger partial charge is 0.347 e. The molecule has 1 amide bonds. The molecule has 0 fully saturated rings. The minimum absolute atomic E-state index is 0.0368. The molecular formula is C23H24N2O4. The largest absolute Gasteiger partial charge is 0.463 e. The molecule has 2 rings (SSSR count). The van der Waals surface area contributed by atoms with E-state index in [2.05, 4.69) is 5.32 Å². The van der Waals surface area contributed by atoms with Gasteiger partial charge in [-0.3, -0.25) is 9.59 Å². The zero-order valence-electron chi connectivity index (χ0n) is 16.8. The second-order valence-corrected chi connectivity index (χ2v) is 6.78. The van der Waals surface area contributed by atoms with Gasteiger partial charge in [-0.1, -0.05) is 60.2 Å². The molecule has 0 saturated heterocycles. The summed E-state index contributed by atoms with van der Waals surface area (Å²) in [5.74, 6) is -2.62. The highest BCUT2D eigenvalue weighted by molar-refractivity contribution is 5.98. The Morgan fingerprint density at radius 1 is 1.10 bits per heavy atom. The Morgan fingerprint density at radius 3 is 2.24 bits per heavy atom. The van der Waals surface area contributed by atoms with Crippen LogP contribution in [-0.2, 0) is 14.3 Å². The average Bonchev–Trinajstić information content (AvgIpc) is 2.71. The summed E-state index contributed by atoms with van der Waals surface area (Å²) in [5, 5.41) is 12.5. The highest BCUT2D eigenvalue weighted by atomic mass is 16.5. The van der Waals surface area contributed by atoms with E-state index in [9.17, 15) is 19.6 Å². The van der Waals surface area contributed by atoms with E-state index >= 15 is 0 Å². The van der Waals surface area contributed by atoms with Crippen molar-refractivity contribution in [2.24, 2.45) is 0 Å². The molecule has 2 aromatic carbocycles. The van der Waals surface area contributed by atoms with Crippen molar-refractivity contribution < 1.29 is 19.1 Å². The number of rotatable bonds is 8. The molecule has 0 aliphatic carbocycles. The van der Waals surface area contributed by atoms with Crippen LogP contribution in [0.5, 0.6) is 0 Å². The van der Waals surface area contributed by atoms with Gasteiger partial charge >= 0.3 is 5.97 Å². The molecule has 6 nitrogen and oxygen atoms in total. The Hall–Kier alpha value is -3.46. The Labute approximate surface area is 170 Å². The molecule has 6 heteroatoms. The van der Waals surface area contributed by atoms with Crippen molar-refractivity contribution in [1.29, 1.82) is 5.26 Å². The quantitative estimate of drug-likeness (QED) is 0.549. The maximum atomic E-state index is 12.9. The fraction of sp³-hybridized carbons (Fsp3) is 0.304. The number of hydrogen-bond donors (Lipinski definition) is 1. The summed E-state index contributed by atoms with van der Waals surface area (Å²) < 4.78 is 5.13. The second kappa shape index (κ2) is 9.65. The molecular weight excluding hydrogens is 368 g/mol. The molecule has 2 unspecified atom stereocenters. The first kappa shape index (κ1) is 21.8. The van der Waals surface area contributed by atoms with Gasteiger partial charge in [-0.15, -0.1) is 0 Å². The van der Waals surface area contributed by atoms with Crippen LogP contribution in [0.3, 0.4) is 0 Å². The number of esters is 1. The van der Waals surface area contributed by atoms with Crippen molar-refractivity contribution in [3.05, 3.63) is 71.3 Å². The van der Waals surface area contributed by atoms with Crippen LogP contribution in [0.25, 0.3) is 0 Å². The number of hydrogen-bond acceptors (Lipinski definition) is 5. The highest BCUT2D eigenvalue weighted by Crippen LogP contribution is 2.34. The minimum atomic E-state index is -2.03. The number of carbonyl (C=O) groups is 3. The number of nitriles is 1. The van der Waals surface area contributed by atoms with Crippen LogP contribution in [0.2, 0.25) is 0 Å². The maximum Gasteiger partial charge on any atom is 0.347 e. The van der Waals surface area contributed by atoms with Gasteiger partial charge in [0.1, 0.15) is 6.07 Å². The lowest BCUT2D eigenvalue weighted by Gasteiger charge is -2.33. The zero-order valence-corrected chi connectivity index (χ0v) is 16.8. The van der Waals surface area contributed by atoms with E-state index in [1.807, 2.05) is 25.1 Å². The van der Waals surface area contributed by atoms with Crippen LogP contribution >= 0.6 is 0 Å². The van der Waals surface area contributed by atoms with Gasteiger partial charge in [0.25, 0.3) is 0 Å². The van der Waals surface area contributed by atoms with Crippen molar-refractivity contribution in [2.45, 2.75) is 38.6 Å². The van der Waals surface area contributed by atoms with Crippen LogP contribution in [0.15, 0.2) is 54.6 Å². The molecule has 0 spiro atoms. The fourth-order valence-electron chi connectivity index (χ4n) is 3.20. The van der Waals surface area contributed by atoms with Crippen molar-refractivity contribution in [2.75, 3.05) is 6.61 Å². The van der Waals surface area contributed by atoms with Crippen LogP contribution in [0.1, 0.15) is 47.7 Å². The topological polar surface area (TPSA) is 96.3 Å².